The maximum Gasteiger partial charge on any atom is 0.647 e. The van der Waals surface area contributed by atoms with Gasteiger partial charge in [-0.3, -0.25) is 0 Å². The van der Waals surface area contributed by atoms with Crippen LogP contribution in [0.1, 0.15) is 66.8 Å². The van der Waals surface area contributed by atoms with Crippen LogP contribution < -0.4 is 81.4 Å². The van der Waals surface area contributed by atoms with E-state index in [1.165, 1.54) is 30.3 Å². The van der Waals surface area contributed by atoms with Crippen LogP contribution in [-0.2, 0) is 27.4 Å². The van der Waals surface area contributed by atoms with Crippen LogP contribution in [0.2, 0.25) is 0 Å². The summed E-state index contributed by atoms with van der Waals surface area (Å²) in [4.78, 5) is 0. The molecule has 0 saturated heterocycles. The van der Waals surface area contributed by atoms with Gasteiger partial charge in [-0.05, 0) is 294 Å². The summed E-state index contributed by atoms with van der Waals surface area (Å²) in [5.41, 5.74) is 11.0. The zero-order chi connectivity index (χ0) is 97.5. The fourth-order valence-corrected chi connectivity index (χ4v) is 22.0. The van der Waals surface area contributed by atoms with Crippen molar-refractivity contribution in [3.8, 4) is 115 Å². The van der Waals surface area contributed by atoms with Crippen LogP contribution in [0.25, 0.3) is 11.1 Å². The molecule has 0 N–H and O–H groups in total. The summed E-state index contributed by atoms with van der Waals surface area (Å²) in [5, 5.41) is 0. The number of rotatable bonds is 37. The van der Waals surface area contributed by atoms with Crippen LogP contribution in [-0.4, -0.2) is 0 Å². The Balaban J connectivity index is 0.000000166. The van der Waals surface area contributed by atoms with Crippen molar-refractivity contribution in [3.63, 3.8) is 0 Å². The molecular formula is C108H100O24P6. The lowest BCUT2D eigenvalue weighted by Gasteiger charge is -2.23. The molecule has 30 heteroatoms. The highest BCUT2D eigenvalue weighted by Crippen LogP contribution is 2.59. The van der Waals surface area contributed by atoms with Crippen LogP contribution in [0.3, 0.4) is 0 Å². The zero-order valence-corrected chi connectivity index (χ0v) is 82.8. The number of benzene rings is 16. The number of aryl methyl sites for hydroxylation is 12. The minimum atomic E-state index is -4.32. The summed E-state index contributed by atoms with van der Waals surface area (Å²) in [5.74, 6) is 5.37. The van der Waals surface area contributed by atoms with Crippen LogP contribution in [0.4, 0.5) is 0 Å². The zero-order valence-electron chi connectivity index (χ0n) is 77.4. The topological polar surface area (TPSA) is 269 Å². The number of hydrogen-bond acceptors (Lipinski definition) is 24. The minimum absolute atomic E-state index is 0.0753. The van der Waals surface area contributed by atoms with Crippen molar-refractivity contribution in [2.45, 2.75) is 83.1 Å². The highest BCUT2D eigenvalue weighted by atomic mass is 31.2. The van der Waals surface area contributed by atoms with Gasteiger partial charge in [-0.15, -0.1) is 0 Å². The lowest BCUT2D eigenvalue weighted by Crippen LogP contribution is -2.10. The maximum absolute atomic E-state index is 14.2. The Hall–Kier alpha value is -14.7. The van der Waals surface area contributed by atoms with Gasteiger partial charge in [-0.2, -0.15) is 27.4 Å². The van der Waals surface area contributed by atoms with Crippen molar-refractivity contribution in [1.82, 2.24) is 0 Å². The molecule has 0 amide bonds. The lowest BCUT2D eigenvalue weighted by atomic mass is 10.1. The quantitative estimate of drug-likeness (QED) is 0.0327. The molecule has 0 bridgehead atoms. The second-order valence-corrected chi connectivity index (χ2v) is 40.2. The first-order chi connectivity index (χ1) is 66.3. The summed E-state index contributed by atoms with van der Waals surface area (Å²) in [7, 11) is -25.5. The monoisotopic (exact) mass is 1970 g/mol. The SMILES string of the molecule is Cc1cccc(C)c1OP(=O)(Oc1ccccc1)Oc1ccc(-c2ccc(OP(=O)(Oc3ccccc3)Oc3c(C)cccc3C)cc2)cc1.Cc1cccc(C)c1OP(=O)(Oc1ccccc1)Oc1ccc(OP(=O)(Oc2ccccc2)Oc2c(C)cccc2C)cc1.Cc1cccc(C)c1OP(=O)(Oc1ccccc1)Oc1cccc(OP(=O)(Oc2ccccc2)Oc2c(C)cccc2C)c1. The van der Waals surface area contributed by atoms with Crippen molar-refractivity contribution in [2.24, 2.45) is 0 Å². The molecule has 138 heavy (non-hydrogen) atoms. The Morgan fingerprint density at radius 3 is 0.391 bits per heavy atom. The summed E-state index contributed by atoms with van der Waals surface area (Å²) in [6.45, 7) is 22.2. The van der Waals surface area contributed by atoms with Crippen LogP contribution >= 0.6 is 46.9 Å². The lowest BCUT2D eigenvalue weighted by molar-refractivity contribution is 0.291. The van der Waals surface area contributed by atoms with Gasteiger partial charge in [-0.25, -0.2) is 0 Å². The first kappa shape index (κ1) is 99.3. The van der Waals surface area contributed by atoms with Gasteiger partial charge in [0.15, 0.2) is 0 Å². The Morgan fingerprint density at radius 1 is 0.123 bits per heavy atom. The molecular weight excluding hydrogens is 1870 g/mol. The fraction of sp³-hybridized carbons (Fsp3) is 0.111. The van der Waals surface area contributed by atoms with Crippen molar-refractivity contribution in [3.05, 3.63) is 455 Å². The molecule has 0 aliphatic carbocycles. The number of phosphoric acid groups is 6. The first-order valence-corrected chi connectivity index (χ1v) is 52.3. The third-order valence-corrected chi connectivity index (χ3v) is 28.1. The van der Waals surface area contributed by atoms with Crippen LogP contribution in [0.5, 0.6) is 103 Å². The predicted octanol–water partition coefficient (Wildman–Crippen LogP) is 32.3. The average molecular weight is 1970 g/mol. The van der Waals surface area contributed by atoms with Gasteiger partial charge in [0.1, 0.15) is 103 Å². The molecule has 16 aromatic carbocycles. The molecule has 0 aliphatic rings. The van der Waals surface area contributed by atoms with E-state index in [4.69, 9.17) is 81.4 Å². The van der Waals surface area contributed by atoms with Crippen molar-refractivity contribution < 1.29 is 109 Å². The Kier molecular flexibility index (Phi) is 32.6. The average Bonchev–Trinajstić information content (AvgIpc) is 0.777. The van der Waals surface area contributed by atoms with Gasteiger partial charge >= 0.3 is 46.9 Å². The molecule has 0 heterocycles. The van der Waals surface area contributed by atoms with Crippen molar-refractivity contribution in [1.29, 1.82) is 0 Å². The Bertz CT molecular complexity index is 6590. The molecule has 0 radical (unpaired) electrons. The molecule has 0 aromatic heterocycles. The number of hydrogen-bond donors (Lipinski definition) is 0. The number of para-hydroxylation sites is 12. The van der Waals surface area contributed by atoms with Gasteiger partial charge in [0, 0.05) is 6.07 Å². The summed E-state index contributed by atoms with van der Waals surface area (Å²) >= 11 is 0. The molecule has 6 unspecified atom stereocenters. The second kappa shape index (κ2) is 45.3. The van der Waals surface area contributed by atoms with Gasteiger partial charge in [0.05, 0.1) is 0 Å². The molecule has 6 atom stereocenters. The highest BCUT2D eigenvalue weighted by Gasteiger charge is 2.41. The first-order valence-electron chi connectivity index (χ1n) is 43.5. The fourth-order valence-electron chi connectivity index (χ4n) is 13.7. The van der Waals surface area contributed by atoms with Gasteiger partial charge < -0.3 is 81.4 Å². The molecule has 0 spiro atoms. The standard InChI is InChI=1S/C40H36O8P2.2C34H32O8P2/c1-29-13-11-14-30(2)39(29)47-49(41,43-35-17-7-5-8-18-35)45-37-25-21-33(22-26-37)34-23-27-38(28-24-34)46-50(42,44-36-19-9-6-10-20-36)48-40-31(3)15-12-16-32(40)4;1-25-14-11-15-26(2)33(25)41-43(35,37-29-18-7-5-8-19-29)39-31-22-13-23-32(24-31)40-44(36,38-30-20-9-6-10-21-30)42-34-27(3)16-12-17-28(34)4;1-25-13-11-14-26(2)33(25)41-43(35,37-29-17-7-5-8-18-29)39-31-21-23-32(24-22-31)40-44(36,38-30-19-9-6-10-20-30)42-34-27(3)15-12-16-28(34)4/h5-28H,1-4H3;2*5-24H,1-4H3. The van der Waals surface area contributed by atoms with E-state index in [0.717, 1.165) is 77.9 Å². The van der Waals surface area contributed by atoms with Gasteiger partial charge in [0.25, 0.3) is 0 Å². The molecule has 706 valence electrons. The van der Waals surface area contributed by atoms with E-state index in [9.17, 15) is 27.4 Å². The van der Waals surface area contributed by atoms with Crippen molar-refractivity contribution in [2.75, 3.05) is 0 Å². The van der Waals surface area contributed by atoms with Crippen molar-refractivity contribution >= 4 is 46.9 Å². The van der Waals surface area contributed by atoms with E-state index in [1.54, 1.807) is 188 Å². The van der Waals surface area contributed by atoms with E-state index in [2.05, 4.69) is 0 Å². The third-order valence-electron chi connectivity index (χ3n) is 20.4. The molecule has 16 rings (SSSR count). The van der Waals surface area contributed by atoms with E-state index < -0.39 is 46.9 Å². The summed E-state index contributed by atoms with van der Waals surface area (Å²) < 4.78 is 191. The molecule has 16 aromatic rings. The van der Waals surface area contributed by atoms with E-state index in [-0.39, 0.29) is 34.5 Å². The summed E-state index contributed by atoms with van der Waals surface area (Å²) in [6, 6.07) is 112. The Morgan fingerprint density at radius 2 is 0.239 bits per heavy atom. The second-order valence-electron chi connectivity index (χ2n) is 31.5. The smallest absolute Gasteiger partial charge is 0.386 e. The maximum atomic E-state index is 14.2. The van der Waals surface area contributed by atoms with Gasteiger partial charge in [0.2, 0.25) is 0 Å². The normalized spacial score (nSPS) is 13.4. The van der Waals surface area contributed by atoms with E-state index >= 15 is 0 Å². The molecule has 0 fully saturated rings. The summed E-state index contributed by atoms with van der Waals surface area (Å²) in [6.07, 6.45) is 0. The van der Waals surface area contributed by atoms with Crippen LogP contribution in [0, 0.1) is 83.1 Å². The predicted molar refractivity (Wildman–Crippen MR) is 536 cm³/mol. The van der Waals surface area contributed by atoms with E-state index in [0.29, 0.717) is 69.0 Å². The minimum Gasteiger partial charge on any atom is -0.386 e. The highest BCUT2D eigenvalue weighted by molar-refractivity contribution is 7.51. The molecule has 24 nitrogen and oxygen atoms in total. The van der Waals surface area contributed by atoms with E-state index in [1.807, 2.05) is 253 Å². The number of phosphoric ester groups is 6. The molecule has 0 saturated carbocycles. The third kappa shape index (κ3) is 27.8. The Labute approximate surface area is 803 Å². The van der Waals surface area contributed by atoms with Gasteiger partial charge in [-0.1, -0.05) is 249 Å². The van der Waals surface area contributed by atoms with Crippen LogP contribution in [0.15, 0.2) is 388 Å². The largest absolute Gasteiger partial charge is 0.647 e. The molecule has 0 aliphatic heterocycles.